The van der Waals surface area contributed by atoms with Gasteiger partial charge in [0, 0.05) is 35.4 Å². The van der Waals surface area contributed by atoms with Crippen molar-refractivity contribution in [1.29, 1.82) is 5.26 Å². The first-order chi connectivity index (χ1) is 13.5. The number of nitriles is 1. The Labute approximate surface area is 159 Å². The molecule has 3 aromatic rings. The lowest BCUT2D eigenvalue weighted by molar-refractivity contribution is -0.384. The minimum Gasteiger partial charge on any atom is -0.321 e. The topological polar surface area (TPSA) is 101 Å². The number of non-ortho nitro benzene ring substituents is 1. The Morgan fingerprint density at radius 3 is 2.43 bits per heavy atom. The summed E-state index contributed by atoms with van der Waals surface area (Å²) in [7, 11) is 0. The molecule has 2 aromatic carbocycles. The quantitative estimate of drug-likeness (QED) is 0.314. The van der Waals surface area contributed by atoms with E-state index in [-0.39, 0.29) is 11.3 Å². The third-order valence-corrected chi connectivity index (χ3v) is 3.88. The number of carbonyl (C=O) groups excluding carboxylic acids is 1. The van der Waals surface area contributed by atoms with Crippen molar-refractivity contribution in [2.45, 2.75) is 0 Å². The SMILES string of the molecule is N#CC(=Cc1cccn1-c1ccc([N+](=O)[O-])cc1)C(=O)Nc1ccc(F)cc1. The minimum absolute atomic E-state index is 0.0376. The fraction of sp³-hybridized carbons (Fsp3) is 0. The van der Waals surface area contributed by atoms with Crippen molar-refractivity contribution in [3.05, 3.63) is 94.1 Å². The lowest BCUT2D eigenvalue weighted by atomic mass is 10.2. The van der Waals surface area contributed by atoms with Crippen LogP contribution in [-0.4, -0.2) is 15.4 Å². The van der Waals surface area contributed by atoms with Crippen LogP contribution in [0, 0.1) is 27.3 Å². The van der Waals surface area contributed by atoms with E-state index in [4.69, 9.17) is 0 Å². The van der Waals surface area contributed by atoms with Gasteiger partial charge < -0.3 is 9.88 Å². The number of benzene rings is 2. The Morgan fingerprint density at radius 2 is 1.82 bits per heavy atom. The normalized spacial score (nSPS) is 10.9. The lowest BCUT2D eigenvalue weighted by Crippen LogP contribution is -2.13. The summed E-state index contributed by atoms with van der Waals surface area (Å²) in [5.41, 5.74) is 1.35. The number of aromatic nitrogens is 1. The highest BCUT2D eigenvalue weighted by Gasteiger charge is 2.12. The van der Waals surface area contributed by atoms with Crippen molar-refractivity contribution in [2.75, 3.05) is 5.32 Å². The summed E-state index contributed by atoms with van der Waals surface area (Å²) in [5.74, 6) is -1.07. The van der Waals surface area contributed by atoms with Crippen LogP contribution in [0.15, 0.2) is 72.4 Å². The molecule has 138 valence electrons. The molecule has 28 heavy (non-hydrogen) atoms. The molecular formula is C20H13FN4O3. The van der Waals surface area contributed by atoms with Crippen molar-refractivity contribution in [2.24, 2.45) is 0 Å². The summed E-state index contributed by atoms with van der Waals surface area (Å²) >= 11 is 0. The molecule has 0 radical (unpaired) electrons. The smallest absolute Gasteiger partial charge is 0.269 e. The van der Waals surface area contributed by atoms with Crippen molar-refractivity contribution < 1.29 is 14.1 Å². The zero-order valence-electron chi connectivity index (χ0n) is 14.4. The van der Waals surface area contributed by atoms with Crippen LogP contribution < -0.4 is 5.32 Å². The first kappa shape index (κ1) is 18.5. The molecule has 0 aliphatic rings. The van der Waals surface area contributed by atoms with E-state index in [0.29, 0.717) is 17.1 Å². The second kappa shape index (κ2) is 7.97. The molecule has 0 saturated heterocycles. The average molecular weight is 376 g/mol. The second-order valence-electron chi connectivity index (χ2n) is 5.71. The van der Waals surface area contributed by atoms with Crippen LogP contribution in [0.25, 0.3) is 11.8 Å². The van der Waals surface area contributed by atoms with Crippen molar-refractivity contribution in [1.82, 2.24) is 4.57 Å². The molecule has 3 rings (SSSR count). The van der Waals surface area contributed by atoms with Crippen LogP contribution in [0.2, 0.25) is 0 Å². The average Bonchev–Trinajstić information content (AvgIpc) is 3.16. The van der Waals surface area contributed by atoms with Crippen LogP contribution in [0.1, 0.15) is 5.69 Å². The van der Waals surface area contributed by atoms with Gasteiger partial charge in [-0.15, -0.1) is 0 Å². The molecule has 0 unspecified atom stereocenters. The number of rotatable bonds is 5. The van der Waals surface area contributed by atoms with Gasteiger partial charge in [0.15, 0.2) is 0 Å². The summed E-state index contributed by atoms with van der Waals surface area (Å²) in [6, 6.07) is 16.3. The Kier molecular flexibility index (Phi) is 5.28. The molecule has 0 fully saturated rings. The van der Waals surface area contributed by atoms with E-state index in [2.05, 4.69) is 5.32 Å². The highest BCUT2D eigenvalue weighted by molar-refractivity contribution is 6.09. The van der Waals surface area contributed by atoms with Gasteiger partial charge in [-0.3, -0.25) is 14.9 Å². The molecule has 1 aromatic heterocycles. The van der Waals surface area contributed by atoms with Gasteiger partial charge in [0.2, 0.25) is 0 Å². The van der Waals surface area contributed by atoms with Crippen molar-refractivity contribution in [3.63, 3.8) is 0 Å². The number of carbonyl (C=O) groups is 1. The molecule has 1 N–H and O–H groups in total. The third kappa shape index (κ3) is 4.11. The number of hydrogen-bond donors (Lipinski definition) is 1. The molecular weight excluding hydrogens is 363 g/mol. The van der Waals surface area contributed by atoms with E-state index in [9.17, 15) is 24.6 Å². The van der Waals surface area contributed by atoms with E-state index in [1.165, 1.54) is 42.5 Å². The molecule has 1 amide bonds. The molecule has 0 aliphatic heterocycles. The first-order valence-electron chi connectivity index (χ1n) is 8.09. The van der Waals surface area contributed by atoms with Crippen LogP contribution in [-0.2, 0) is 4.79 Å². The van der Waals surface area contributed by atoms with Gasteiger partial charge in [-0.05, 0) is 54.6 Å². The molecule has 1 heterocycles. The summed E-state index contributed by atoms with van der Waals surface area (Å²) in [6.07, 6.45) is 3.11. The lowest BCUT2D eigenvalue weighted by Gasteiger charge is -2.08. The highest BCUT2D eigenvalue weighted by Crippen LogP contribution is 2.19. The number of nitro benzene ring substituents is 1. The predicted molar refractivity (Wildman–Crippen MR) is 101 cm³/mol. The minimum atomic E-state index is -0.634. The van der Waals surface area contributed by atoms with Gasteiger partial charge in [-0.1, -0.05) is 0 Å². The van der Waals surface area contributed by atoms with Crippen LogP contribution in [0.3, 0.4) is 0 Å². The third-order valence-electron chi connectivity index (χ3n) is 3.88. The van der Waals surface area contributed by atoms with Crippen molar-refractivity contribution in [3.8, 4) is 11.8 Å². The Morgan fingerprint density at radius 1 is 1.14 bits per heavy atom. The zero-order chi connectivity index (χ0) is 20.1. The second-order valence-corrected chi connectivity index (χ2v) is 5.71. The standard InChI is InChI=1S/C20H13FN4O3/c21-15-3-5-16(6-4-15)23-20(26)14(13-22)12-19-2-1-11-24(19)17-7-9-18(10-8-17)25(27)28/h1-12H,(H,23,26). The van der Waals surface area contributed by atoms with E-state index in [0.717, 1.165) is 0 Å². The number of nitro groups is 1. The molecule has 0 aliphatic carbocycles. The van der Waals surface area contributed by atoms with E-state index in [1.54, 1.807) is 35.0 Å². The summed E-state index contributed by atoms with van der Waals surface area (Å²) in [4.78, 5) is 22.6. The van der Waals surface area contributed by atoms with Gasteiger partial charge in [0.1, 0.15) is 17.5 Å². The molecule has 7 nitrogen and oxygen atoms in total. The van der Waals surface area contributed by atoms with E-state index in [1.807, 2.05) is 6.07 Å². The first-order valence-corrected chi connectivity index (χ1v) is 8.09. The van der Waals surface area contributed by atoms with Crippen LogP contribution in [0.4, 0.5) is 15.8 Å². The number of halogens is 1. The largest absolute Gasteiger partial charge is 0.321 e. The van der Waals surface area contributed by atoms with Gasteiger partial charge in [0.25, 0.3) is 11.6 Å². The van der Waals surface area contributed by atoms with Gasteiger partial charge >= 0.3 is 0 Å². The summed E-state index contributed by atoms with van der Waals surface area (Å²) < 4.78 is 14.6. The van der Waals surface area contributed by atoms with E-state index >= 15 is 0 Å². The van der Waals surface area contributed by atoms with Gasteiger partial charge in [-0.25, -0.2) is 4.39 Å². The molecule has 0 bridgehead atoms. The monoisotopic (exact) mass is 376 g/mol. The number of amides is 1. The molecule has 0 atom stereocenters. The molecule has 8 heteroatoms. The Bertz CT molecular complexity index is 1090. The van der Waals surface area contributed by atoms with Gasteiger partial charge in [0.05, 0.1) is 4.92 Å². The number of hydrogen-bond acceptors (Lipinski definition) is 4. The highest BCUT2D eigenvalue weighted by atomic mass is 19.1. The van der Waals surface area contributed by atoms with Gasteiger partial charge in [-0.2, -0.15) is 5.26 Å². The van der Waals surface area contributed by atoms with Crippen LogP contribution in [0.5, 0.6) is 0 Å². The summed E-state index contributed by atoms with van der Waals surface area (Å²) in [6.45, 7) is 0. The maximum atomic E-state index is 13.0. The van der Waals surface area contributed by atoms with Crippen molar-refractivity contribution >= 4 is 23.4 Å². The fourth-order valence-electron chi connectivity index (χ4n) is 2.51. The molecule has 0 spiro atoms. The number of nitrogens with zero attached hydrogens (tertiary/aromatic N) is 3. The Hall–Kier alpha value is -4.25. The predicted octanol–water partition coefficient (Wildman–Crippen LogP) is 4.07. The van der Waals surface area contributed by atoms with Crippen LogP contribution >= 0.6 is 0 Å². The Balaban J connectivity index is 1.86. The number of nitrogens with one attached hydrogen (secondary N) is 1. The maximum absolute atomic E-state index is 13.0. The number of anilines is 1. The zero-order valence-corrected chi connectivity index (χ0v) is 14.4. The summed E-state index contributed by atoms with van der Waals surface area (Å²) in [5, 5.41) is 22.7. The molecule has 0 saturated carbocycles. The fourth-order valence-corrected chi connectivity index (χ4v) is 2.51. The maximum Gasteiger partial charge on any atom is 0.269 e. The van der Waals surface area contributed by atoms with E-state index < -0.39 is 16.6 Å².